The van der Waals surface area contributed by atoms with Gasteiger partial charge in [0.1, 0.15) is 17.4 Å². The molecular formula is C12H17N5O3. The first-order chi connectivity index (χ1) is 9.47. The summed E-state index contributed by atoms with van der Waals surface area (Å²) in [6.07, 6.45) is 0.102. The zero-order chi connectivity index (χ0) is 14.7. The Morgan fingerprint density at radius 2 is 1.90 bits per heavy atom. The third-order valence-electron chi connectivity index (χ3n) is 2.77. The maximum atomic E-state index is 11.9. The largest absolute Gasteiger partial charge is 0.423 e. The van der Waals surface area contributed by atoms with Gasteiger partial charge < -0.3 is 9.73 Å². The van der Waals surface area contributed by atoms with Crippen LogP contribution >= 0.6 is 0 Å². The minimum atomic E-state index is -0.359. The summed E-state index contributed by atoms with van der Waals surface area (Å²) in [6.45, 7) is 7.43. The predicted octanol–water partition coefficient (Wildman–Crippen LogP) is 1.30. The van der Waals surface area contributed by atoms with Gasteiger partial charge in [-0.2, -0.15) is 0 Å². The van der Waals surface area contributed by atoms with E-state index in [-0.39, 0.29) is 24.3 Å². The summed E-state index contributed by atoms with van der Waals surface area (Å²) in [6, 6.07) is -0.359. The van der Waals surface area contributed by atoms with Crippen molar-refractivity contribution < 1.29 is 13.8 Å². The van der Waals surface area contributed by atoms with Crippen LogP contribution in [0.1, 0.15) is 55.9 Å². The molecule has 2 aromatic heterocycles. The highest BCUT2D eigenvalue weighted by molar-refractivity contribution is 5.78. The van der Waals surface area contributed by atoms with Crippen LogP contribution in [-0.4, -0.2) is 26.4 Å². The lowest BCUT2D eigenvalue weighted by Gasteiger charge is -2.09. The third-order valence-corrected chi connectivity index (χ3v) is 2.77. The minimum absolute atomic E-state index is 0.102. The number of aromatic nitrogens is 4. The summed E-state index contributed by atoms with van der Waals surface area (Å²) in [4.78, 5) is 11.9. The van der Waals surface area contributed by atoms with E-state index in [0.717, 1.165) is 0 Å². The van der Waals surface area contributed by atoms with E-state index in [1.54, 1.807) is 13.8 Å². The fourth-order valence-electron chi connectivity index (χ4n) is 1.57. The van der Waals surface area contributed by atoms with Crippen molar-refractivity contribution in [3.63, 3.8) is 0 Å². The maximum absolute atomic E-state index is 11.9. The van der Waals surface area contributed by atoms with E-state index in [1.165, 1.54) is 0 Å². The first-order valence-electron chi connectivity index (χ1n) is 6.38. The minimum Gasteiger partial charge on any atom is -0.423 e. The summed E-state index contributed by atoms with van der Waals surface area (Å²) in [5.41, 5.74) is 1.12. The lowest BCUT2D eigenvalue weighted by atomic mass is 10.2. The molecule has 8 heteroatoms. The van der Waals surface area contributed by atoms with E-state index in [0.29, 0.717) is 23.2 Å². The molecule has 0 aliphatic rings. The molecule has 2 aromatic rings. The van der Waals surface area contributed by atoms with E-state index in [9.17, 15) is 4.79 Å². The number of hydrogen-bond acceptors (Lipinski definition) is 7. The van der Waals surface area contributed by atoms with Crippen molar-refractivity contribution in [3.8, 4) is 0 Å². The fraction of sp³-hybridized carbons (Fsp3) is 0.583. The quantitative estimate of drug-likeness (QED) is 0.878. The zero-order valence-corrected chi connectivity index (χ0v) is 11.9. The molecule has 1 N–H and O–H groups in total. The molecule has 0 fully saturated rings. The molecule has 0 aliphatic heterocycles. The highest BCUT2D eigenvalue weighted by Crippen LogP contribution is 2.16. The monoisotopic (exact) mass is 279 g/mol. The van der Waals surface area contributed by atoms with Crippen LogP contribution in [-0.2, 0) is 11.2 Å². The van der Waals surface area contributed by atoms with Crippen LogP contribution in [0.5, 0.6) is 0 Å². The molecule has 0 radical (unpaired) electrons. The average Bonchev–Trinajstić information content (AvgIpc) is 2.99. The van der Waals surface area contributed by atoms with E-state index < -0.39 is 0 Å². The van der Waals surface area contributed by atoms with Crippen molar-refractivity contribution in [2.45, 2.75) is 46.1 Å². The second-order valence-corrected chi connectivity index (χ2v) is 4.90. The summed E-state index contributed by atoms with van der Waals surface area (Å²) < 4.78 is 10.0. The molecule has 0 saturated carbocycles. The molecule has 8 nitrogen and oxygen atoms in total. The molecule has 2 heterocycles. The Morgan fingerprint density at radius 3 is 2.45 bits per heavy atom. The van der Waals surface area contributed by atoms with Gasteiger partial charge in [0.05, 0.1) is 6.42 Å². The lowest BCUT2D eigenvalue weighted by molar-refractivity contribution is -0.121. The van der Waals surface area contributed by atoms with Crippen LogP contribution in [0.15, 0.2) is 9.05 Å². The third kappa shape index (κ3) is 3.19. The molecule has 1 atom stereocenters. The van der Waals surface area contributed by atoms with Crippen molar-refractivity contribution in [1.82, 2.24) is 25.8 Å². The van der Waals surface area contributed by atoms with Crippen LogP contribution < -0.4 is 5.32 Å². The van der Waals surface area contributed by atoms with Gasteiger partial charge in [-0.15, -0.1) is 10.2 Å². The molecule has 20 heavy (non-hydrogen) atoms. The van der Waals surface area contributed by atoms with Gasteiger partial charge in [-0.25, -0.2) is 4.63 Å². The number of carbonyl (C=O) groups excluding carboxylic acids is 1. The van der Waals surface area contributed by atoms with E-state index in [1.807, 2.05) is 13.8 Å². The summed E-state index contributed by atoms with van der Waals surface area (Å²) in [5.74, 6) is 0.887. The molecule has 1 amide bonds. The van der Waals surface area contributed by atoms with Crippen LogP contribution in [0.25, 0.3) is 0 Å². The predicted molar refractivity (Wildman–Crippen MR) is 67.7 cm³/mol. The van der Waals surface area contributed by atoms with Gasteiger partial charge in [-0.05, 0) is 13.8 Å². The first-order valence-corrected chi connectivity index (χ1v) is 6.38. The van der Waals surface area contributed by atoms with Gasteiger partial charge >= 0.3 is 0 Å². The SMILES string of the molecule is Cc1nonc1CC(=O)N[C@H](C)c1nnc(C(C)C)o1. The topological polar surface area (TPSA) is 107 Å². The van der Waals surface area contributed by atoms with E-state index in [2.05, 4.69) is 30.5 Å². The van der Waals surface area contributed by atoms with Gasteiger partial charge in [0.15, 0.2) is 0 Å². The lowest BCUT2D eigenvalue weighted by Crippen LogP contribution is -2.28. The standard InChI is InChI=1S/C12H17N5O3/c1-6(2)11-14-15-12(19-11)8(4)13-10(18)5-9-7(3)16-20-17-9/h6,8H,5H2,1-4H3,(H,13,18)/t8-/m1/s1. The maximum Gasteiger partial charge on any atom is 0.238 e. The Hall–Kier alpha value is -2.25. The van der Waals surface area contributed by atoms with Gasteiger partial charge in [-0.1, -0.05) is 24.2 Å². The number of hydrogen-bond donors (Lipinski definition) is 1. The van der Waals surface area contributed by atoms with Crippen molar-refractivity contribution in [1.29, 1.82) is 0 Å². The van der Waals surface area contributed by atoms with Crippen molar-refractivity contribution in [3.05, 3.63) is 23.2 Å². The Balaban J connectivity index is 1.95. The number of nitrogens with zero attached hydrogens (tertiary/aromatic N) is 4. The number of amides is 1. The molecule has 0 bridgehead atoms. The van der Waals surface area contributed by atoms with Crippen molar-refractivity contribution in [2.24, 2.45) is 0 Å². The number of aryl methyl sites for hydroxylation is 1. The van der Waals surface area contributed by atoms with Gasteiger partial charge in [0.2, 0.25) is 17.7 Å². The highest BCUT2D eigenvalue weighted by atomic mass is 16.6. The second-order valence-electron chi connectivity index (χ2n) is 4.90. The van der Waals surface area contributed by atoms with E-state index >= 15 is 0 Å². The Kier molecular flexibility index (Phi) is 4.11. The average molecular weight is 279 g/mol. The molecule has 0 unspecified atom stereocenters. The molecule has 0 aromatic carbocycles. The fourth-order valence-corrected chi connectivity index (χ4v) is 1.57. The Morgan fingerprint density at radius 1 is 1.20 bits per heavy atom. The zero-order valence-electron chi connectivity index (χ0n) is 11.9. The second kappa shape index (κ2) is 5.81. The smallest absolute Gasteiger partial charge is 0.238 e. The molecule has 0 spiro atoms. The number of rotatable bonds is 5. The van der Waals surface area contributed by atoms with E-state index in [4.69, 9.17) is 4.42 Å². The van der Waals surface area contributed by atoms with Gasteiger partial charge in [0, 0.05) is 5.92 Å². The van der Waals surface area contributed by atoms with Gasteiger partial charge in [0.25, 0.3) is 0 Å². The summed E-state index contributed by atoms with van der Waals surface area (Å²) in [7, 11) is 0. The number of carbonyl (C=O) groups is 1. The molecule has 0 saturated heterocycles. The molecule has 2 rings (SSSR count). The van der Waals surface area contributed by atoms with Crippen LogP contribution in [0.3, 0.4) is 0 Å². The van der Waals surface area contributed by atoms with Gasteiger partial charge in [-0.3, -0.25) is 4.79 Å². The van der Waals surface area contributed by atoms with Crippen molar-refractivity contribution >= 4 is 5.91 Å². The Bertz CT molecular complexity index is 589. The first kappa shape index (κ1) is 14.2. The van der Waals surface area contributed by atoms with Crippen LogP contribution in [0.4, 0.5) is 0 Å². The Labute approximate surface area is 115 Å². The molecule has 108 valence electrons. The molecule has 0 aliphatic carbocycles. The highest BCUT2D eigenvalue weighted by Gasteiger charge is 2.19. The van der Waals surface area contributed by atoms with Crippen molar-refractivity contribution in [2.75, 3.05) is 0 Å². The summed E-state index contributed by atoms with van der Waals surface area (Å²) >= 11 is 0. The van der Waals surface area contributed by atoms with Crippen LogP contribution in [0, 0.1) is 6.92 Å². The molecular weight excluding hydrogens is 262 g/mol. The number of nitrogens with one attached hydrogen (secondary N) is 1. The normalized spacial score (nSPS) is 12.7. The summed E-state index contributed by atoms with van der Waals surface area (Å²) in [5, 5.41) is 17.9. The van der Waals surface area contributed by atoms with Crippen LogP contribution in [0.2, 0.25) is 0 Å².